The topological polar surface area (TPSA) is 51.8 Å². The van der Waals surface area contributed by atoms with E-state index in [0.717, 1.165) is 10.5 Å². The predicted octanol–water partition coefficient (Wildman–Crippen LogP) is 1.65. The molecule has 12 heavy (non-hydrogen) atoms. The van der Waals surface area contributed by atoms with Crippen molar-refractivity contribution in [1.82, 2.24) is 15.0 Å². The lowest BCUT2D eigenvalue weighted by atomic mass is 10.6. The first-order valence-corrected chi connectivity index (χ1v) is 4.66. The van der Waals surface area contributed by atoms with Crippen LogP contribution in [0.25, 0.3) is 11.2 Å². The minimum absolute atomic E-state index is 0.562. The predicted molar refractivity (Wildman–Crippen MR) is 46.1 cm³/mol. The summed E-state index contributed by atoms with van der Waals surface area (Å²) in [5, 5.41) is 0.858. The molecule has 0 aliphatic carbocycles. The van der Waals surface area contributed by atoms with Crippen LogP contribution < -0.4 is 0 Å². The van der Waals surface area contributed by atoms with Crippen LogP contribution >= 0.6 is 11.8 Å². The number of hydrogen-bond donors (Lipinski definition) is 0. The highest BCUT2D eigenvalue weighted by Crippen LogP contribution is 2.21. The lowest BCUT2D eigenvalue weighted by Crippen LogP contribution is -1.83. The molecule has 2 rings (SSSR count). The molecule has 0 aliphatic heterocycles. The molecule has 0 saturated heterocycles. The van der Waals surface area contributed by atoms with E-state index in [1.807, 2.05) is 6.26 Å². The van der Waals surface area contributed by atoms with Crippen LogP contribution in [0.1, 0.15) is 5.89 Å². The third-order valence-corrected chi connectivity index (χ3v) is 2.15. The number of thioether (sulfide) groups is 1. The van der Waals surface area contributed by atoms with Crippen molar-refractivity contribution in [3.8, 4) is 0 Å². The molecule has 0 atom stereocenters. The summed E-state index contributed by atoms with van der Waals surface area (Å²) in [4.78, 5) is 12.2. The van der Waals surface area contributed by atoms with Gasteiger partial charge in [-0.05, 0) is 6.26 Å². The second kappa shape index (κ2) is 2.75. The van der Waals surface area contributed by atoms with E-state index in [4.69, 9.17) is 4.42 Å². The third-order valence-electron chi connectivity index (χ3n) is 1.46. The third kappa shape index (κ3) is 1.06. The molecule has 0 bridgehead atoms. The van der Waals surface area contributed by atoms with Gasteiger partial charge in [0, 0.05) is 6.92 Å². The van der Waals surface area contributed by atoms with Gasteiger partial charge in [0.25, 0.3) is 5.71 Å². The van der Waals surface area contributed by atoms with E-state index in [2.05, 4.69) is 15.0 Å². The number of nitrogens with zero attached hydrogens (tertiary/aromatic N) is 3. The van der Waals surface area contributed by atoms with E-state index in [-0.39, 0.29) is 0 Å². The monoisotopic (exact) mass is 181 g/mol. The van der Waals surface area contributed by atoms with Crippen LogP contribution in [0.15, 0.2) is 15.8 Å². The highest BCUT2D eigenvalue weighted by Gasteiger charge is 2.07. The van der Waals surface area contributed by atoms with E-state index in [1.165, 1.54) is 18.1 Å². The van der Waals surface area contributed by atoms with E-state index < -0.39 is 0 Å². The number of aromatic nitrogens is 3. The van der Waals surface area contributed by atoms with Gasteiger partial charge in [-0.1, -0.05) is 0 Å². The largest absolute Gasteiger partial charge is 0.422 e. The standard InChI is InChI=1S/C7H7N3OS/c1-4-10-5-6(11-4)8-3-9-7(5)12-2/h3H,1-2H3. The van der Waals surface area contributed by atoms with Crippen molar-refractivity contribution in [2.75, 3.05) is 6.26 Å². The molecular weight excluding hydrogens is 174 g/mol. The zero-order valence-electron chi connectivity index (χ0n) is 6.74. The summed E-state index contributed by atoms with van der Waals surface area (Å²) in [5.41, 5.74) is 1.31. The van der Waals surface area contributed by atoms with Crippen molar-refractivity contribution in [2.24, 2.45) is 0 Å². The summed E-state index contributed by atoms with van der Waals surface area (Å²) in [5.74, 6) is 0.626. The summed E-state index contributed by atoms with van der Waals surface area (Å²) in [7, 11) is 0. The first-order chi connectivity index (χ1) is 5.81. The Kier molecular flexibility index (Phi) is 1.73. The fourth-order valence-corrected chi connectivity index (χ4v) is 1.47. The molecule has 2 aromatic rings. The average molecular weight is 181 g/mol. The van der Waals surface area contributed by atoms with Crippen molar-refractivity contribution >= 4 is 23.0 Å². The maximum Gasteiger partial charge on any atom is 0.251 e. The summed E-state index contributed by atoms with van der Waals surface area (Å²) in [6, 6.07) is 0. The molecule has 0 N–H and O–H groups in total. The van der Waals surface area contributed by atoms with Crippen molar-refractivity contribution in [3.63, 3.8) is 0 Å². The summed E-state index contributed by atoms with van der Waals surface area (Å²) < 4.78 is 5.23. The smallest absolute Gasteiger partial charge is 0.251 e. The zero-order valence-corrected chi connectivity index (χ0v) is 7.55. The highest BCUT2D eigenvalue weighted by molar-refractivity contribution is 7.98. The second-order valence-corrected chi connectivity index (χ2v) is 3.06. The number of hydrogen-bond acceptors (Lipinski definition) is 5. The Balaban J connectivity index is 2.78. The second-order valence-electron chi connectivity index (χ2n) is 2.27. The quantitative estimate of drug-likeness (QED) is 0.494. The molecule has 0 unspecified atom stereocenters. The van der Waals surface area contributed by atoms with E-state index >= 15 is 0 Å². The molecule has 0 amide bonds. The summed E-state index contributed by atoms with van der Waals surface area (Å²) in [6.45, 7) is 1.80. The Morgan fingerprint density at radius 2 is 2.25 bits per heavy atom. The lowest BCUT2D eigenvalue weighted by Gasteiger charge is -1.91. The molecule has 0 saturated carbocycles. The molecular formula is C7H7N3OS. The number of oxazole rings is 1. The van der Waals surface area contributed by atoms with Crippen molar-refractivity contribution in [1.29, 1.82) is 0 Å². The van der Waals surface area contributed by atoms with Crippen LogP contribution in [-0.2, 0) is 0 Å². The van der Waals surface area contributed by atoms with E-state index in [0.29, 0.717) is 11.6 Å². The highest BCUT2D eigenvalue weighted by atomic mass is 32.2. The van der Waals surface area contributed by atoms with Gasteiger partial charge >= 0.3 is 0 Å². The molecule has 0 radical (unpaired) electrons. The first-order valence-electron chi connectivity index (χ1n) is 3.43. The Bertz CT molecular complexity index is 412. The van der Waals surface area contributed by atoms with Gasteiger partial charge in [-0.3, -0.25) is 0 Å². The molecule has 2 aromatic heterocycles. The fourth-order valence-electron chi connectivity index (χ4n) is 0.987. The first kappa shape index (κ1) is 7.54. The Hall–Kier alpha value is -1.10. The van der Waals surface area contributed by atoms with Crippen molar-refractivity contribution in [3.05, 3.63) is 12.2 Å². The van der Waals surface area contributed by atoms with Crippen LogP contribution in [0.5, 0.6) is 0 Å². The molecule has 2 heterocycles. The summed E-state index contributed by atoms with van der Waals surface area (Å²) in [6.07, 6.45) is 3.44. The maximum atomic E-state index is 5.23. The molecule has 0 spiro atoms. The lowest BCUT2D eigenvalue weighted by molar-refractivity contribution is 0.550. The van der Waals surface area contributed by atoms with Crippen LogP contribution in [-0.4, -0.2) is 21.2 Å². The van der Waals surface area contributed by atoms with Crippen LogP contribution in [0.3, 0.4) is 0 Å². The average Bonchev–Trinajstić information content (AvgIpc) is 2.44. The van der Waals surface area contributed by atoms with Gasteiger partial charge in [0.15, 0.2) is 11.4 Å². The molecule has 4 nitrogen and oxygen atoms in total. The van der Waals surface area contributed by atoms with E-state index in [1.54, 1.807) is 6.92 Å². The van der Waals surface area contributed by atoms with Crippen LogP contribution in [0.2, 0.25) is 0 Å². The van der Waals surface area contributed by atoms with Crippen LogP contribution in [0.4, 0.5) is 0 Å². The number of rotatable bonds is 1. The Morgan fingerprint density at radius 3 is 3.00 bits per heavy atom. The van der Waals surface area contributed by atoms with Gasteiger partial charge in [0.2, 0.25) is 0 Å². The zero-order chi connectivity index (χ0) is 8.55. The van der Waals surface area contributed by atoms with Gasteiger partial charge in [-0.25, -0.2) is 9.97 Å². The van der Waals surface area contributed by atoms with Crippen LogP contribution in [0, 0.1) is 6.92 Å². The Labute approximate surface area is 73.4 Å². The fraction of sp³-hybridized carbons (Fsp3) is 0.286. The van der Waals surface area contributed by atoms with Gasteiger partial charge < -0.3 is 4.42 Å². The SMILES string of the molecule is CSc1ncnc2oc(C)nc12. The number of fused-ring (bicyclic) bond motifs is 1. The van der Waals surface area contributed by atoms with E-state index in [9.17, 15) is 0 Å². The normalized spacial score (nSPS) is 10.8. The summed E-state index contributed by atoms with van der Waals surface area (Å²) >= 11 is 1.54. The van der Waals surface area contributed by atoms with Gasteiger partial charge in [-0.15, -0.1) is 11.8 Å². The molecule has 62 valence electrons. The van der Waals surface area contributed by atoms with Crippen molar-refractivity contribution in [2.45, 2.75) is 11.9 Å². The minimum atomic E-state index is 0.562. The maximum absolute atomic E-state index is 5.23. The van der Waals surface area contributed by atoms with Crippen molar-refractivity contribution < 1.29 is 4.42 Å². The Morgan fingerprint density at radius 1 is 1.42 bits per heavy atom. The molecule has 5 heteroatoms. The van der Waals surface area contributed by atoms with Gasteiger partial charge in [0.05, 0.1) is 0 Å². The van der Waals surface area contributed by atoms with Gasteiger partial charge in [0.1, 0.15) is 11.4 Å². The molecule has 0 fully saturated rings. The minimum Gasteiger partial charge on any atom is -0.422 e. The van der Waals surface area contributed by atoms with Gasteiger partial charge in [-0.2, -0.15) is 4.98 Å². The number of aryl methyl sites for hydroxylation is 1. The molecule has 0 aliphatic rings. The molecule has 0 aromatic carbocycles.